The van der Waals surface area contributed by atoms with Crippen LogP contribution in [0.1, 0.15) is 42.7 Å². The van der Waals surface area contributed by atoms with Gasteiger partial charge in [0.25, 0.3) is 0 Å². The van der Waals surface area contributed by atoms with Crippen LogP contribution in [0.4, 0.5) is 0 Å². The Morgan fingerprint density at radius 2 is 1.44 bits per heavy atom. The molecule has 1 aliphatic carbocycles. The van der Waals surface area contributed by atoms with Gasteiger partial charge in [-0.2, -0.15) is 0 Å². The van der Waals surface area contributed by atoms with Crippen LogP contribution in [0.2, 0.25) is 0 Å². The molecule has 0 radical (unpaired) electrons. The van der Waals surface area contributed by atoms with Crippen molar-refractivity contribution in [1.29, 1.82) is 0 Å². The van der Waals surface area contributed by atoms with Gasteiger partial charge in [0.2, 0.25) is 0 Å². The molecule has 2 aromatic carbocycles. The monoisotopic (exact) mass is 332 g/mol. The Hall–Kier alpha value is -2.12. The Kier molecular flexibility index (Phi) is 6.25. The van der Waals surface area contributed by atoms with Crippen LogP contribution >= 0.6 is 0 Å². The lowest BCUT2D eigenvalue weighted by Crippen LogP contribution is -2.11. The molecule has 1 fully saturated rings. The molecule has 0 aromatic heterocycles. The second-order valence-corrected chi connectivity index (χ2v) is 6.97. The average Bonchev–Trinajstić information content (AvgIpc) is 2.69. The summed E-state index contributed by atoms with van der Waals surface area (Å²) in [5.41, 5.74) is 5.22. The Morgan fingerprint density at radius 1 is 0.840 bits per heavy atom. The van der Waals surface area contributed by atoms with Gasteiger partial charge in [-0.3, -0.25) is 0 Å². The number of rotatable bonds is 7. The normalized spacial score (nSPS) is 20.2. The summed E-state index contributed by atoms with van der Waals surface area (Å²) in [4.78, 5) is 0. The summed E-state index contributed by atoms with van der Waals surface area (Å²) >= 11 is 0. The summed E-state index contributed by atoms with van der Waals surface area (Å²) in [6, 6.07) is 17.8. The minimum atomic E-state index is 0.595. The molecule has 0 atom stereocenters. The zero-order chi connectivity index (χ0) is 17.5. The Bertz CT molecular complexity index is 673. The minimum Gasteiger partial charge on any atom is -0.373 e. The molecule has 0 bridgehead atoms. The van der Waals surface area contributed by atoms with Crippen molar-refractivity contribution in [3.63, 3.8) is 0 Å². The van der Waals surface area contributed by atoms with E-state index in [0.29, 0.717) is 13.2 Å². The predicted octanol–water partition coefficient (Wildman–Crippen LogP) is 6.52. The first-order chi connectivity index (χ1) is 12.3. The molecule has 0 spiro atoms. The van der Waals surface area contributed by atoms with Gasteiger partial charge in [-0.25, -0.2) is 0 Å². The lowest BCUT2D eigenvalue weighted by atomic mass is 9.78. The molecule has 130 valence electrons. The highest BCUT2D eigenvalue weighted by molar-refractivity contribution is 5.64. The van der Waals surface area contributed by atoms with Crippen molar-refractivity contribution in [2.75, 3.05) is 6.61 Å². The van der Waals surface area contributed by atoms with E-state index < -0.39 is 0 Å². The number of allylic oxidation sites excluding steroid dienone is 1. The first-order valence-corrected chi connectivity index (χ1v) is 9.30. The first-order valence-electron chi connectivity index (χ1n) is 9.30. The molecular weight excluding hydrogens is 304 g/mol. The summed E-state index contributed by atoms with van der Waals surface area (Å²) in [7, 11) is 0. The van der Waals surface area contributed by atoms with E-state index in [1.807, 2.05) is 0 Å². The fourth-order valence-electron chi connectivity index (χ4n) is 3.69. The molecule has 25 heavy (non-hydrogen) atoms. The Labute approximate surface area is 152 Å². The molecule has 0 heterocycles. The zero-order valence-electron chi connectivity index (χ0n) is 15.0. The third kappa shape index (κ3) is 4.70. The van der Waals surface area contributed by atoms with Crippen LogP contribution in [0.15, 0.2) is 73.8 Å². The van der Waals surface area contributed by atoms with Gasteiger partial charge in [-0.05, 0) is 59.8 Å². The van der Waals surface area contributed by atoms with E-state index in [2.05, 4.69) is 67.8 Å². The van der Waals surface area contributed by atoms with Gasteiger partial charge in [0.15, 0.2) is 0 Å². The van der Waals surface area contributed by atoms with E-state index >= 15 is 0 Å². The van der Waals surface area contributed by atoms with Crippen LogP contribution in [0.3, 0.4) is 0 Å². The summed E-state index contributed by atoms with van der Waals surface area (Å²) in [6.45, 7) is 8.84. The standard InChI is InChI=1S/C24H28O/c1-3-17-25-18-20-7-11-22(12-8-20)24-15-13-23(14-16-24)21-9-5-19(4-2)6-10-21/h3-4,7-8,11-16,19,21H,1-2,5-6,9-10,17-18H2/t19-,21-. The molecule has 3 rings (SSSR count). The van der Waals surface area contributed by atoms with Crippen LogP contribution in [-0.2, 0) is 11.3 Å². The molecule has 1 nitrogen and oxygen atoms in total. The summed E-state index contributed by atoms with van der Waals surface area (Å²) in [5.74, 6) is 1.44. The summed E-state index contributed by atoms with van der Waals surface area (Å²) < 4.78 is 5.49. The van der Waals surface area contributed by atoms with Crippen molar-refractivity contribution >= 4 is 0 Å². The SMILES string of the molecule is C=CCOCc1ccc(-c2ccc([C@H]3CC[C@H](C=C)CC3)cc2)cc1. The molecular formula is C24H28O. The molecule has 0 aliphatic heterocycles. The summed E-state index contributed by atoms with van der Waals surface area (Å²) in [6.07, 6.45) is 9.05. The van der Waals surface area contributed by atoms with Gasteiger partial charge in [-0.15, -0.1) is 13.2 Å². The highest BCUT2D eigenvalue weighted by Crippen LogP contribution is 2.36. The maximum Gasteiger partial charge on any atom is 0.0721 e. The average molecular weight is 332 g/mol. The maximum absolute atomic E-state index is 5.49. The van der Waals surface area contributed by atoms with E-state index in [4.69, 9.17) is 4.74 Å². The van der Waals surface area contributed by atoms with Crippen LogP contribution in [0.25, 0.3) is 11.1 Å². The van der Waals surface area contributed by atoms with Gasteiger partial charge in [0.05, 0.1) is 13.2 Å². The third-order valence-corrected chi connectivity index (χ3v) is 5.28. The molecule has 1 saturated carbocycles. The van der Waals surface area contributed by atoms with Gasteiger partial charge in [0, 0.05) is 0 Å². The molecule has 1 heteroatoms. The second kappa shape index (κ2) is 8.82. The fourth-order valence-corrected chi connectivity index (χ4v) is 3.69. The Morgan fingerprint density at radius 3 is 2.00 bits per heavy atom. The maximum atomic E-state index is 5.49. The van der Waals surface area contributed by atoms with Crippen molar-refractivity contribution in [3.05, 3.63) is 85.0 Å². The van der Waals surface area contributed by atoms with E-state index in [-0.39, 0.29) is 0 Å². The van der Waals surface area contributed by atoms with E-state index in [1.54, 1.807) is 6.08 Å². The third-order valence-electron chi connectivity index (χ3n) is 5.28. The first kappa shape index (κ1) is 17.7. The number of hydrogen-bond donors (Lipinski definition) is 0. The smallest absolute Gasteiger partial charge is 0.0721 e. The van der Waals surface area contributed by atoms with Crippen molar-refractivity contribution in [2.45, 2.75) is 38.2 Å². The second-order valence-electron chi connectivity index (χ2n) is 6.97. The molecule has 0 N–H and O–H groups in total. The lowest BCUT2D eigenvalue weighted by Gasteiger charge is -2.27. The molecule has 2 aromatic rings. The van der Waals surface area contributed by atoms with Crippen LogP contribution in [0, 0.1) is 5.92 Å². The Balaban J connectivity index is 1.62. The van der Waals surface area contributed by atoms with Crippen molar-refractivity contribution < 1.29 is 4.74 Å². The van der Waals surface area contributed by atoms with Crippen LogP contribution < -0.4 is 0 Å². The minimum absolute atomic E-state index is 0.595. The predicted molar refractivity (Wildman–Crippen MR) is 107 cm³/mol. The van der Waals surface area contributed by atoms with Gasteiger partial charge in [-0.1, -0.05) is 60.7 Å². The quantitative estimate of drug-likeness (QED) is 0.414. The van der Waals surface area contributed by atoms with Crippen LogP contribution in [0.5, 0.6) is 0 Å². The van der Waals surface area contributed by atoms with Gasteiger partial charge < -0.3 is 4.74 Å². The molecule has 1 aliphatic rings. The van der Waals surface area contributed by atoms with Crippen LogP contribution in [-0.4, -0.2) is 6.61 Å². The summed E-state index contributed by atoms with van der Waals surface area (Å²) in [5, 5.41) is 0. The highest BCUT2D eigenvalue weighted by atomic mass is 16.5. The van der Waals surface area contributed by atoms with E-state index in [1.165, 1.54) is 47.9 Å². The molecule has 0 amide bonds. The van der Waals surface area contributed by atoms with E-state index in [0.717, 1.165) is 11.8 Å². The zero-order valence-corrected chi connectivity index (χ0v) is 15.0. The van der Waals surface area contributed by atoms with Crippen molar-refractivity contribution in [3.8, 4) is 11.1 Å². The molecule has 0 saturated heterocycles. The molecule has 0 unspecified atom stereocenters. The topological polar surface area (TPSA) is 9.23 Å². The number of ether oxygens (including phenoxy) is 1. The van der Waals surface area contributed by atoms with E-state index in [9.17, 15) is 0 Å². The van der Waals surface area contributed by atoms with Crippen molar-refractivity contribution in [2.24, 2.45) is 5.92 Å². The van der Waals surface area contributed by atoms with Crippen molar-refractivity contribution in [1.82, 2.24) is 0 Å². The lowest BCUT2D eigenvalue weighted by molar-refractivity contribution is 0.149. The largest absolute Gasteiger partial charge is 0.373 e. The van der Waals surface area contributed by atoms with Gasteiger partial charge in [0.1, 0.15) is 0 Å². The number of benzene rings is 2. The number of hydrogen-bond acceptors (Lipinski definition) is 1. The highest BCUT2D eigenvalue weighted by Gasteiger charge is 2.20. The van der Waals surface area contributed by atoms with Gasteiger partial charge >= 0.3 is 0 Å². The fraction of sp³-hybridized carbons (Fsp3) is 0.333.